The molecule has 0 radical (unpaired) electrons. The third-order valence-corrected chi connectivity index (χ3v) is 5.99. The number of carbonyl (C=O) groups is 3. The number of ketones is 1. The Balaban J connectivity index is 1.85. The van der Waals surface area contributed by atoms with Crippen LogP contribution in [0, 0.1) is 34.5 Å². The summed E-state index contributed by atoms with van der Waals surface area (Å²) in [6, 6.07) is 0. The van der Waals surface area contributed by atoms with Crippen LogP contribution < -0.4 is 0 Å². The zero-order valence-electron chi connectivity index (χ0n) is 16.1. The summed E-state index contributed by atoms with van der Waals surface area (Å²) in [6.07, 6.45) is 1.36. The summed E-state index contributed by atoms with van der Waals surface area (Å²) in [5.74, 6) is 0.0910. The summed E-state index contributed by atoms with van der Waals surface area (Å²) in [4.78, 5) is 37.2. The second kappa shape index (κ2) is 5.82. The van der Waals surface area contributed by atoms with Crippen LogP contribution in [0.15, 0.2) is 0 Å². The Hall–Kier alpha value is -1.39. The molecule has 0 amide bonds. The third kappa shape index (κ3) is 3.11. The second-order valence-corrected chi connectivity index (χ2v) is 10.00. The molecular formula is C20H30O5. The van der Waals surface area contributed by atoms with Crippen molar-refractivity contribution in [1.82, 2.24) is 0 Å². The predicted octanol–water partition coefficient (Wildman–Crippen LogP) is 3.15. The number of hydrogen-bond acceptors (Lipinski definition) is 5. The van der Waals surface area contributed by atoms with Crippen LogP contribution in [-0.2, 0) is 23.9 Å². The van der Waals surface area contributed by atoms with Crippen LogP contribution in [0.2, 0.25) is 0 Å². The summed E-state index contributed by atoms with van der Waals surface area (Å²) in [5.41, 5.74) is -1.23. The van der Waals surface area contributed by atoms with Crippen LogP contribution in [-0.4, -0.2) is 29.9 Å². The van der Waals surface area contributed by atoms with Crippen LogP contribution >= 0.6 is 0 Å². The van der Waals surface area contributed by atoms with Crippen LogP contribution in [0.4, 0.5) is 0 Å². The van der Waals surface area contributed by atoms with E-state index in [4.69, 9.17) is 9.47 Å². The van der Waals surface area contributed by atoms with Gasteiger partial charge in [-0.25, -0.2) is 0 Å². The minimum atomic E-state index is -0.625. The Kier molecular flexibility index (Phi) is 4.28. The first-order valence-corrected chi connectivity index (χ1v) is 9.36. The third-order valence-electron chi connectivity index (χ3n) is 5.99. The van der Waals surface area contributed by atoms with Crippen LogP contribution in [0.25, 0.3) is 0 Å². The van der Waals surface area contributed by atoms with E-state index in [0.717, 1.165) is 12.8 Å². The van der Waals surface area contributed by atoms with Crippen molar-refractivity contribution >= 4 is 17.7 Å². The number of Topliss-reactive ketones (excluding diaryl/α,β-unsaturated/α-hetero) is 1. The minimum Gasteiger partial charge on any atom is -0.458 e. The highest BCUT2D eigenvalue weighted by atomic mass is 16.6. The average Bonchev–Trinajstić information content (AvgIpc) is 3.10. The molecular weight excluding hydrogens is 320 g/mol. The van der Waals surface area contributed by atoms with Gasteiger partial charge in [-0.05, 0) is 60.3 Å². The molecule has 3 aliphatic carbocycles. The molecule has 6 atom stereocenters. The van der Waals surface area contributed by atoms with Gasteiger partial charge in [0, 0.05) is 24.2 Å². The van der Waals surface area contributed by atoms with Gasteiger partial charge in [0.2, 0.25) is 0 Å². The number of hydrogen-bond donors (Lipinski definition) is 0. The normalized spacial score (nSPS) is 37.1. The highest BCUT2D eigenvalue weighted by molar-refractivity contribution is 5.85. The highest BCUT2D eigenvalue weighted by Crippen LogP contribution is 2.59. The van der Waals surface area contributed by atoms with Crippen molar-refractivity contribution in [2.45, 2.75) is 73.0 Å². The smallest absolute Gasteiger partial charge is 0.311 e. The van der Waals surface area contributed by atoms with E-state index in [1.165, 1.54) is 0 Å². The van der Waals surface area contributed by atoms with E-state index in [-0.39, 0.29) is 41.4 Å². The lowest BCUT2D eigenvalue weighted by Crippen LogP contribution is -2.48. The summed E-state index contributed by atoms with van der Waals surface area (Å²) in [5, 5.41) is 0. The molecule has 3 fully saturated rings. The zero-order valence-corrected chi connectivity index (χ0v) is 16.1. The Morgan fingerprint density at radius 1 is 0.840 bits per heavy atom. The maximum absolute atomic E-state index is 12.5. The van der Waals surface area contributed by atoms with Gasteiger partial charge >= 0.3 is 11.9 Å². The molecule has 140 valence electrons. The van der Waals surface area contributed by atoms with Crippen molar-refractivity contribution in [2.24, 2.45) is 34.5 Å². The second-order valence-electron chi connectivity index (χ2n) is 10.00. The molecule has 2 bridgehead atoms. The van der Waals surface area contributed by atoms with Crippen LogP contribution in [0.5, 0.6) is 0 Å². The van der Waals surface area contributed by atoms with Gasteiger partial charge in [0.1, 0.15) is 18.0 Å². The van der Waals surface area contributed by atoms with Crippen molar-refractivity contribution in [2.75, 3.05) is 0 Å². The van der Waals surface area contributed by atoms with E-state index in [1.807, 2.05) is 41.5 Å². The van der Waals surface area contributed by atoms with E-state index in [2.05, 4.69) is 0 Å². The average molecular weight is 350 g/mol. The van der Waals surface area contributed by atoms with Gasteiger partial charge in [-0.2, -0.15) is 0 Å². The van der Waals surface area contributed by atoms with Gasteiger partial charge in [-0.3, -0.25) is 14.4 Å². The van der Waals surface area contributed by atoms with E-state index in [1.54, 1.807) is 0 Å². The Morgan fingerprint density at radius 3 is 1.80 bits per heavy atom. The molecule has 0 aromatic heterocycles. The van der Waals surface area contributed by atoms with Gasteiger partial charge in [-0.1, -0.05) is 0 Å². The van der Waals surface area contributed by atoms with Gasteiger partial charge < -0.3 is 9.47 Å². The molecule has 0 aliphatic heterocycles. The predicted molar refractivity (Wildman–Crippen MR) is 91.5 cm³/mol. The molecule has 5 heteroatoms. The first kappa shape index (κ1) is 18.4. The lowest BCUT2D eigenvalue weighted by Gasteiger charge is -2.38. The van der Waals surface area contributed by atoms with Gasteiger partial charge in [0.25, 0.3) is 0 Å². The molecule has 5 nitrogen and oxygen atoms in total. The Bertz CT molecular complexity index is 594. The first-order chi connectivity index (χ1) is 11.4. The number of ether oxygens (including phenoxy) is 2. The lowest BCUT2D eigenvalue weighted by atomic mass is 9.78. The maximum Gasteiger partial charge on any atom is 0.311 e. The molecule has 3 rings (SSSR count). The molecule has 0 saturated heterocycles. The Morgan fingerprint density at radius 2 is 1.32 bits per heavy atom. The fraction of sp³-hybridized carbons (Fsp3) is 0.850. The standard InChI is InChI=1S/C20H30O5/c1-19(2,3)17(22)24-15-11-9-12(14-10(11)7-8-13(14)21)16(15)25-18(23)20(4,5)6/h10-12,14-16H,7-9H2,1-6H3. The zero-order chi connectivity index (χ0) is 18.7. The molecule has 0 spiro atoms. The van der Waals surface area contributed by atoms with Crippen molar-refractivity contribution in [3.05, 3.63) is 0 Å². The van der Waals surface area contributed by atoms with E-state index < -0.39 is 23.0 Å². The number of esters is 2. The Labute approximate surface area is 149 Å². The molecule has 25 heavy (non-hydrogen) atoms. The molecule has 3 aliphatic rings. The number of carbonyl (C=O) groups excluding carboxylic acids is 3. The van der Waals surface area contributed by atoms with E-state index >= 15 is 0 Å². The van der Waals surface area contributed by atoms with Crippen molar-refractivity contribution in [3.8, 4) is 0 Å². The maximum atomic E-state index is 12.5. The fourth-order valence-electron chi connectivity index (χ4n) is 4.68. The summed E-state index contributed by atoms with van der Waals surface area (Å²) in [6.45, 7) is 10.9. The van der Waals surface area contributed by atoms with E-state index in [0.29, 0.717) is 6.42 Å². The van der Waals surface area contributed by atoms with Crippen molar-refractivity contribution < 1.29 is 23.9 Å². The van der Waals surface area contributed by atoms with Gasteiger partial charge in [0.15, 0.2) is 0 Å². The van der Waals surface area contributed by atoms with Gasteiger partial charge in [0.05, 0.1) is 10.8 Å². The highest BCUT2D eigenvalue weighted by Gasteiger charge is 2.65. The summed E-state index contributed by atoms with van der Waals surface area (Å²) < 4.78 is 11.7. The van der Waals surface area contributed by atoms with Crippen molar-refractivity contribution in [3.63, 3.8) is 0 Å². The molecule has 3 saturated carbocycles. The first-order valence-electron chi connectivity index (χ1n) is 9.36. The minimum absolute atomic E-state index is 0.00549. The van der Waals surface area contributed by atoms with Crippen LogP contribution in [0.1, 0.15) is 60.8 Å². The topological polar surface area (TPSA) is 69.7 Å². The van der Waals surface area contributed by atoms with Crippen molar-refractivity contribution in [1.29, 1.82) is 0 Å². The number of fused-ring (bicyclic) bond motifs is 5. The lowest BCUT2D eigenvalue weighted by molar-refractivity contribution is -0.187. The monoisotopic (exact) mass is 350 g/mol. The number of rotatable bonds is 2. The largest absolute Gasteiger partial charge is 0.458 e. The quantitative estimate of drug-likeness (QED) is 0.716. The fourth-order valence-corrected chi connectivity index (χ4v) is 4.68. The SMILES string of the molecule is CC(C)(C)C(=O)OC1C2CC(C1OC(=O)C(C)(C)C)C1C(=O)CCC21. The molecule has 0 aromatic rings. The van der Waals surface area contributed by atoms with Crippen LogP contribution in [0.3, 0.4) is 0 Å². The molecule has 0 heterocycles. The molecule has 6 unspecified atom stereocenters. The van der Waals surface area contributed by atoms with Gasteiger partial charge in [-0.15, -0.1) is 0 Å². The molecule has 0 aromatic carbocycles. The van der Waals surface area contributed by atoms with E-state index in [9.17, 15) is 14.4 Å². The summed E-state index contributed by atoms with van der Waals surface area (Å²) >= 11 is 0. The summed E-state index contributed by atoms with van der Waals surface area (Å²) in [7, 11) is 0. The molecule has 0 N–H and O–H groups in total.